The maximum atomic E-state index is 13.4. The SMILES string of the molecule is COC(=O)C(C)Nc1ccc(F)c(NS(C)(=O)=O)c1. The van der Waals surface area contributed by atoms with E-state index < -0.39 is 27.9 Å². The standard InChI is InChI=1S/C11H15FN2O4S/c1-7(11(15)18-2)13-8-4-5-9(12)10(6-8)14-19(3,16)17/h4-7,13-14H,1-3H3. The van der Waals surface area contributed by atoms with E-state index >= 15 is 0 Å². The van der Waals surface area contributed by atoms with E-state index in [2.05, 4.69) is 10.1 Å². The van der Waals surface area contributed by atoms with Crippen LogP contribution < -0.4 is 10.0 Å². The number of rotatable bonds is 5. The zero-order valence-corrected chi connectivity index (χ0v) is 11.5. The molecule has 0 aliphatic carbocycles. The Morgan fingerprint density at radius 3 is 2.58 bits per heavy atom. The van der Waals surface area contributed by atoms with Crippen LogP contribution in [-0.4, -0.2) is 33.8 Å². The highest BCUT2D eigenvalue weighted by Crippen LogP contribution is 2.21. The van der Waals surface area contributed by atoms with Crippen molar-refractivity contribution in [2.75, 3.05) is 23.4 Å². The summed E-state index contributed by atoms with van der Waals surface area (Å²) in [4.78, 5) is 11.2. The first-order valence-corrected chi connectivity index (χ1v) is 7.24. The Hall–Kier alpha value is -1.83. The van der Waals surface area contributed by atoms with Gasteiger partial charge in [-0.15, -0.1) is 0 Å². The molecule has 0 amide bonds. The molecule has 0 spiro atoms. The molecule has 1 aromatic rings. The van der Waals surface area contributed by atoms with Crippen molar-refractivity contribution >= 4 is 27.4 Å². The Kier molecular flexibility index (Phi) is 4.71. The van der Waals surface area contributed by atoms with Crippen LogP contribution in [0.3, 0.4) is 0 Å². The molecule has 0 bridgehead atoms. The maximum absolute atomic E-state index is 13.4. The average molecular weight is 290 g/mol. The second-order valence-electron chi connectivity index (χ2n) is 3.96. The number of carbonyl (C=O) groups excluding carboxylic acids is 1. The third-order valence-corrected chi connectivity index (χ3v) is 2.79. The van der Waals surface area contributed by atoms with Gasteiger partial charge in [0.25, 0.3) is 0 Å². The lowest BCUT2D eigenvalue weighted by Crippen LogP contribution is -2.27. The molecule has 0 aliphatic heterocycles. The molecule has 1 rings (SSSR count). The first kappa shape index (κ1) is 15.2. The van der Waals surface area contributed by atoms with Gasteiger partial charge in [0.05, 0.1) is 19.1 Å². The number of anilines is 2. The number of nitrogens with one attached hydrogen (secondary N) is 2. The summed E-state index contributed by atoms with van der Waals surface area (Å²) < 4.78 is 42.1. The topological polar surface area (TPSA) is 84.5 Å². The Morgan fingerprint density at radius 1 is 1.42 bits per heavy atom. The molecular weight excluding hydrogens is 275 g/mol. The Labute approximate surface area is 111 Å². The first-order valence-electron chi connectivity index (χ1n) is 5.34. The minimum absolute atomic E-state index is 0.190. The van der Waals surface area contributed by atoms with E-state index in [9.17, 15) is 17.6 Å². The number of methoxy groups -OCH3 is 1. The van der Waals surface area contributed by atoms with Gasteiger partial charge in [-0.1, -0.05) is 0 Å². The summed E-state index contributed by atoms with van der Waals surface area (Å²) in [5, 5.41) is 2.77. The second-order valence-corrected chi connectivity index (χ2v) is 5.71. The van der Waals surface area contributed by atoms with Crippen LogP contribution in [0.15, 0.2) is 18.2 Å². The minimum Gasteiger partial charge on any atom is -0.467 e. The van der Waals surface area contributed by atoms with Gasteiger partial charge in [-0.05, 0) is 25.1 Å². The summed E-state index contributed by atoms with van der Waals surface area (Å²) in [6.07, 6.45) is 0.920. The molecule has 0 aromatic heterocycles. The molecule has 0 radical (unpaired) electrons. The normalized spacial score (nSPS) is 12.6. The largest absolute Gasteiger partial charge is 0.467 e. The van der Waals surface area contributed by atoms with Gasteiger partial charge in [0.1, 0.15) is 11.9 Å². The Balaban J connectivity index is 2.93. The lowest BCUT2D eigenvalue weighted by Gasteiger charge is -2.14. The number of sulfonamides is 1. The van der Waals surface area contributed by atoms with Crippen LogP contribution in [0.5, 0.6) is 0 Å². The van der Waals surface area contributed by atoms with Crippen LogP contribution in [-0.2, 0) is 19.6 Å². The predicted molar refractivity (Wildman–Crippen MR) is 70.0 cm³/mol. The number of halogens is 1. The molecule has 1 aromatic carbocycles. The first-order chi connectivity index (χ1) is 8.73. The van der Waals surface area contributed by atoms with E-state index in [1.54, 1.807) is 6.92 Å². The van der Waals surface area contributed by atoms with Crippen molar-refractivity contribution < 1.29 is 22.3 Å². The average Bonchev–Trinajstić information content (AvgIpc) is 2.30. The quantitative estimate of drug-likeness (QED) is 0.795. The second kappa shape index (κ2) is 5.87. The van der Waals surface area contributed by atoms with Gasteiger partial charge in [0.2, 0.25) is 10.0 Å². The van der Waals surface area contributed by atoms with Gasteiger partial charge in [-0.25, -0.2) is 17.6 Å². The fourth-order valence-electron chi connectivity index (χ4n) is 1.38. The van der Waals surface area contributed by atoms with Crippen molar-refractivity contribution in [1.82, 2.24) is 0 Å². The number of benzene rings is 1. The molecular formula is C11H15FN2O4S. The van der Waals surface area contributed by atoms with Crippen molar-refractivity contribution in [2.45, 2.75) is 13.0 Å². The zero-order valence-electron chi connectivity index (χ0n) is 10.7. The van der Waals surface area contributed by atoms with Gasteiger partial charge < -0.3 is 10.1 Å². The molecule has 0 fully saturated rings. The summed E-state index contributed by atoms with van der Waals surface area (Å²) in [6.45, 7) is 1.57. The number of esters is 1. The number of hydrogen-bond acceptors (Lipinski definition) is 5. The van der Waals surface area contributed by atoms with Crippen LogP contribution in [0.4, 0.5) is 15.8 Å². The molecule has 19 heavy (non-hydrogen) atoms. The molecule has 0 aliphatic rings. The lowest BCUT2D eigenvalue weighted by molar-refractivity contribution is -0.141. The van der Waals surface area contributed by atoms with Crippen molar-refractivity contribution in [3.05, 3.63) is 24.0 Å². The van der Waals surface area contributed by atoms with Gasteiger partial charge in [-0.2, -0.15) is 0 Å². The van der Waals surface area contributed by atoms with Crippen LogP contribution in [0, 0.1) is 5.82 Å². The minimum atomic E-state index is -3.58. The van der Waals surface area contributed by atoms with Gasteiger partial charge in [0.15, 0.2) is 0 Å². The molecule has 2 N–H and O–H groups in total. The number of ether oxygens (including phenoxy) is 1. The van der Waals surface area contributed by atoms with Crippen LogP contribution >= 0.6 is 0 Å². The van der Waals surface area contributed by atoms with E-state index in [0.717, 1.165) is 12.3 Å². The van der Waals surface area contributed by atoms with Crippen LogP contribution in [0.25, 0.3) is 0 Å². The van der Waals surface area contributed by atoms with Gasteiger partial charge in [-0.3, -0.25) is 4.72 Å². The molecule has 0 saturated heterocycles. The highest BCUT2D eigenvalue weighted by atomic mass is 32.2. The smallest absolute Gasteiger partial charge is 0.327 e. The molecule has 1 unspecified atom stereocenters. The Morgan fingerprint density at radius 2 is 2.05 bits per heavy atom. The van der Waals surface area contributed by atoms with E-state index in [-0.39, 0.29) is 5.69 Å². The number of hydrogen-bond donors (Lipinski definition) is 2. The van der Waals surface area contributed by atoms with Crippen molar-refractivity contribution in [2.24, 2.45) is 0 Å². The van der Waals surface area contributed by atoms with Gasteiger partial charge >= 0.3 is 5.97 Å². The summed E-state index contributed by atoms with van der Waals surface area (Å²) in [5.41, 5.74) is 0.204. The van der Waals surface area contributed by atoms with Crippen LogP contribution in [0.2, 0.25) is 0 Å². The zero-order chi connectivity index (χ0) is 14.6. The van der Waals surface area contributed by atoms with E-state index in [4.69, 9.17) is 0 Å². The molecule has 1 atom stereocenters. The summed E-state index contributed by atoms with van der Waals surface area (Å²) in [7, 11) is -2.32. The summed E-state index contributed by atoms with van der Waals surface area (Å²) >= 11 is 0. The highest BCUT2D eigenvalue weighted by molar-refractivity contribution is 7.92. The molecule has 0 saturated carbocycles. The fraction of sp³-hybridized carbons (Fsp3) is 0.364. The molecule has 106 valence electrons. The summed E-state index contributed by atoms with van der Waals surface area (Å²) in [6, 6.07) is 3.11. The van der Waals surface area contributed by atoms with Crippen LogP contribution in [0.1, 0.15) is 6.92 Å². The molecule has 6 nitrogen and oxygen atoms in total. The molecule has 0 heterocycles. The summed E-state index contributed by atoms with van der Waals surface area (Å²) in [5.74, 6) is -1.19. The third-order valence-electron chi connectivity index (χ3n) is 2.20. The van der Waals surface area contributed by atoms with Crippen molar-refractivity contribution in [1.29, 1.82) is 0 Å². The highest BCUT2D eigenvalue weighted by Gasteiger charge is 2.14. The lowest BCUT2D eigenvalue weighted by atomic mass is 10.2. The van der Waals surface area contributed by atoms with Gasteiger partial charge in [0, 0.05) is 5.69 Å². The third kappa shape index (κ3) is 4.74. The van der Waals surface area contributed by atoms with E-state index in [1.807, 2.05) is 4.72 Å². The predicted octanol–water partition coefficient (Wildman–Crippen LogP) is 1.17. The van der Waals surface area contributed by atoms with E-state index in [0.29, 0.717) is 5.69 Å². The van der Waals surface area contributed by atoms with E-state index in [1.165, 1.54) is 19.2 Å². The molecule has 8 heteroatoms. The Bertz CT molecular complexity index is 574. The van der Waals surface area contributed by atoms with Crippen molar-refractivity contribution in [3.63, 3.8) is 0 Å². The maximum Gasteiger partial charge on any atom is 0.327 e. The monoisotopic (exact) mass is 290 g/mol. The fourth-order valence-corrected chi connectivity index (χ4v) is 1.93. The van der Waals surface area contributed by atoms with Crippen molar-refractivity contribution in [3.8, 4) is 0 Å². The number of carbonyl (C=O) groups is 1.